The van der Waals surface area contributed by atoms with Crippen LogP contribution in [0.5, 0.6) is 0 Å². The van der Waals surface area contributed by atoms with E-state index in [2.05, 4.69) is 4.98 Å². The molecule has 1 aliphatic carbocycles. The molecule has 1 aromatic heterocycles. The summed E-state index contributed by atoms with van der Waals surface area (Å²) in [5.74, 6) is 1.15. The average Bonchev–Trinajstić information content (AvgIpc) is 2.52. The summed E-state index contributed by atoms with van der Waals surface area (Å²) < 4.78 is 7.05. The first-order valence-electron chi connectivity index (χ1n) is 8.27. The van der Waals surface area contributed by atoms with Crippen molar-refractivity contribution in [2.45, 2.75) is 19.3 Å². The number of amides is 1. The van der Waals surface area contributed by atoms with Crippen LogP contribution < -0.4 is 10.5 Å². The van der Waals surface area contributed by atoms with Crippen molar-refractivity contribution < 1.29 is 9.53 Å². The molecule has 126 valence electrons. The molecule has 0 N–H and O–H groups in total. The zero-order chi connectivity index (χ0) is 16.2. The highest BCUT2D eigenvalue weighted by Gasteiger charge is 2.24. The number of rotatable bonds is 5. The molecule has 1 saturated heterocycles. The Morgan fingerprint density at radius 2 is 2.04 bits per heavy atom. The minimum Gasteiger partial charge on any atom is -0.371 e. The molecule has 23 heavy (non-hydrogen) atoms. The van der Waals surface area contributed by atoms with Gasteiger partial charge in [-0.05, 0) is 18.8 Å². The zero-order valence-corrected chi connectivity index (χ0v) is 13.6. The van der Waals surface area contributed by atoms with Gasteiger partial charge >= 0.3 is 0 Å². The number of carbonyl (C=O) groups is 1. The van der Waals surface area contributed by atoms with E-state index in [1.165, 1.54) is 23.8 Å². The molecule has 0 spiro atoms. The minimum absolute atomic E-state index is 0.0397. The molecule has 0 bridgehead atoms. The van der Waals surface area contributed by atoms with E-state index in [1.807, 2.05) is 9.80 Å². The van der Waals surface area contributed by atoms with Gasteiger partial charge in [-0.3, -0.25) is 9.59 Å². The van der Waals surface area contributed by atoms with Gasteiger partial charge in [-0.1, -0.05) is 6.42 Å². The van der Waals surface area contributed by atoms with E-state index in [4.69, 9.17) is 4.74 Å². The van der Waals surface area contributed by atoms with E-state index >= 15 is 0 Å². The maximum absolute atomic E-state index is 12.2. The number of aromatic nitrogens is 2. The van der Waals surface area contributed by atoms with E-state index in [9.17, 15) is 9.59 Å². The van der Waals surface area contributed by atoms with Gasteiger partial charge in [0.05, 0.1) is 6.61 Å². The number of piperazine rings is 1. The molecular weight excluding hydrogens is 296 g/mol. The van der Waals surface area contributed by atoms with Crippen molar-refractivity contribution in [3.05, 3.63) is 22.7 Å². The van der Waals surface area contributed by atoms with Crippen LogP contribution in [0.2, 0.25) is 0 Å². The molecule has 1 amide bonds. The van der Waals surface area contributed by atoms with Crippen molar-refractivity contribution in [3.63, 3.8) is 0 Å². The summed E-state index contributed by atoms with van der Waals surface area (Å²) in [6.45, 7) is 3.33. The smallest absolute Gasteiger partial charge is 0.293 e. The molecule has 2 aliphatic rings. The van der Waals surface area contributed by atoms with Crippen molar-refractivity contribution in [2.24, 2.45) is 13.0 Å². The Labute approximate surface area is 135 Å². The maximum atomic E-state index is 12.2. The third-order valence-electron chi connectivity index (χ3n) is 4.73. The molecular formula is C16H24N4O3. The zero-order valence-electron chi connectivity index (χ0n) is 13.6. The van der Waals surface area contributed by atoms with Crippen molar-refractivity contribution in [3.8, 4) is 0 Å². The predicted octanol–water partition coefficient (Wildman–Crippen LogP) is 0.246. The summed E-state index contributed by atoms with van der Waals surface area (Å²) in [4.78, 5) is 32.2. The number of anilines is 1. The van der Waals surface area contributed by atoms with Crippen LogP contribution in [0.4, 0.5) is 5.82 Å². The molecule has 0 aromatic carbocycles. The molecule has 1 saturated carbocycles. The van der Waals surface area contributed by atoms with Crippen LogP contribution in [0.3, 0.4) is 0 Å². The number of aryl methyl sites for hydroxylation is 1. The molecule has 0 unspecified atom stereocenters. The van der Waals surface area contributed by atoms with Crippen molar-refractivity contribution >= 4 is 11.7 Å². The van der Waals surface area contributed by atoms with Gasteiger partial charge in [0.25, 0.3) is 5.56 Å². The van der Waals surface area contributed by atoms with E-state index in [-0.39, 0.29) is 18.1 Å². The van der Waals surface area contributed by atoms with E-state index in [0.717, 1.165) is 0 Å². The highest BCUT2D eigenvalue weighted by molar-refractivity contribution is 5.77. The second-order valence-electron chi connectivity index (χ2n) is 6.35. The van der Waals surface area contributed by atoms with Gasteiger partial charge in [-0.25, -0.2) is 4.98 Å². The quantitative estimate of drug-likeness (QED) is 0.778. The van der Waals surface area contributed by atoms with Crippen LogP contribution in [-0.4, -0.2) is 59.8 Å². The first kappa shape index (κ1) is 16.0. The summed E-state index contributed by atoms with van der Waals surface area (Å²) in [6, 6.07) is 0. The Kier molecular flexibility index (Phi) is 4.95. The molecule has 1 aliphatic heterocycles. The van der Waals surface area contributed by atoms with E-state index in [1.54, 1.807) is 19.4 Å². The normalized spacial score (nSPS) is 18.8. The van der Waals surface area contributed by atoms with Gasteiger partial charge in [-0.15, -0.1) is 0 Å². The molecule has 2 heterocycles. The third-order valence-corrected chi connectivity index (χ3v) is 4.73. The predicted molar refractivity (Wildman–Crippen MR) is 86.4 cm³/mol. The second kappa shape index (κ2) is 7.12. The minimum atomic E-state index is -0.101. The summed E-state index contributed by atoms with van der Waals surface area (Å²) in [5.41, 5.74) is -0.101. The lowest BCUT2D eigenvalue weighted by atomic mass is 9.86. The summed E-state index contributed by atoms with van der Waals surface area (Å²) >= 11 is 0. The van der Waals surface area contributed by atoms with E-state index in [0.29, 0.717) is 44.5 Å². The van der Waals surface area contributed by atoms with Crippen LogP contribution in [0.1, 0.15) is 19.3 Å². The van der Waals surface area contributed by atoms with Gasteiger partial charge in [0.1, 0.15) is 6.61 Å². The number of carbonyl (C=O) groups excluding carboxylic acids is 1. The molecule has 2 fully saturated rings. The molecule has 7 heteroatoms. The highest BCUT2D eigenvalue weighted by Crippen LogP contribution is 2.26. The van der Waals surface area contributed by atoms with Crippen LogP contribution in [0, 0.1) is 5.92 Å². The van der Waals surface area contributed by atoms with Crippen molar-refractivity contribution in [2.75, 3.05) is 44.3 Å². The molecule has 1 aromatic rings. The summed E-state index contributed by atoms with van der Waals surface area (Å²) in [5, 5.41) is 0. The van der Waals surface area contributed by atoms with E-state index < -0.39 is 0 Å². The highest BCUT2D eigenvalue weighted by atomic mass is 16.5. The van der Waals surface area contributed by atoms with Crippen LogP contribution in [-0.2, 0) is 16.6 Å². The molecule has 3 rings (SSSR count). The van der Waals surface area contributed by atoms with Crippen molar-refractivity contribution in [1.82, 2.24) is 14.5 Å². The molecule has 7 nitrogen and oxygen atoms in total. The summed E-state index contributed by atoms with van der Waals surface area (Å²) in [7, 11) is 1.72. The SMILES string of the molecule is Cn1ccnc(N2CCN(C(=O)COCC3CCC3)CC2)c1=O. The summed E-state index contributed by atoms with van der Waals surface area (Å²) in [6.07, 6.45) is 7.02. The fourth-order valence-corrected chi connectivity index (χ4v) is 2.93. The maximum Gasteiger partial charge on any atom is 0.293 e. The fourth-order valence-electron chi connectivity index (χ4n) is 2.93. The second-order valence-corrected chi connectivity index (χ2v) is 6.35. The van der Waals surface area contributed by atoms with Crippen LogP contribution >= 0.6 is 0 Å². The van der Waals surface area contributed by atoms with Crippen molar-refractivity contribution in [1.29, 1.82) is 0 Å². The first-order chi connectivity index (χ1) is 11.1. The van der Waals surface area contributed by atoms with Gasteiger partial charge in [-0.2, -0.15) is 0 Å². The van der Waals surface area contributed by atoms with Gasteiger partial charge in [0.15, 0.2) is 5.82 Å². The standard InChI is InChI=1S/C16H24N4O3/c1-18-6-5-17-15(16(18)22)20-9-7-19(8-10-20)14(21)12-23-11-13-3-2-4-13/h5-6,13H,2-4,7-12H2,1H3. The largest absolute Gasteiger partial charge is 0.371 e. The molecule has 0 atom stereocenters. The fraction of sp³-hybridized carbons (Fsp3) is 0.688. The first-order valence-corrected chi connectivity index (χ1v) is 8.27. The Balaban J connectivity index is 1.46. The lowest BCUT2D eigenvalue weighted by Crippen LogP contribution is -2.51. The Hall–Kier alpha value is -1.89. The van der Waals surface area contributed by atoms with Crippen LogP contribution in [0.15, 0.2) is 17.2 Å². The lowest BCUT2D eigenvalue weighted by molar-refractivity contribution is -0.137. The number of hydrogen-bond acceptors (Lipinski definition) is 5. The Morgan fingerprint density at radius 1 is 1.30 bits per heavy atom. The van der Waals surface area contributed by atoms with Crippen LogP contribution in [0.25, 0.3) is 0 Å². The van der Waals surface area contributed by atoms with Gasteiger partial charge < -0.3 is 19.1 Å². The third kappa shape index (κ3) is 3.72. The molecule has 0 radical (unpaired) electrons. The Morgan fingerprint density at radius 3 is 2.70 bits per heavy atom. The number of nitrogens with zero attached hydrogens (tertiary/aromatic N) is 4. The lowest BCUT2D eigenvalue weighted by Gasteiger charge is -2.35. The topological polar surface area (TPSA) is 67.7 Å². The van der Waals surface area contributed by atoms with Gasteiger partial charge in [0, 0.05) is 45.6 Å². The monoisotopic (exact) mass is 320 g/mol. The number of ether oxygens (including phenoxy) is 1. The average molecular weight is 320 g/mol. The van der Waals surface area contributed by atoms with Gasteiger partial charge in [0.2, 0.25) is 5.91 Å². The number of hydrogen-bond donors (Lipinski definition) is 0. The Bertz CT molecular complexity index is 604.